The molecule has 1 N–H and O–H groups in total. The first-order valence-electron chi connectivity index (χ1n) is 4.87. The van der Waals surface area contributed by atoms with Gasteiger partial charge in [0.2, 0.25) is 5.76 Å². The van der Waals surface area contributed by atoms with Gasteiger partial charge in [0.25, 0.3) is 0 Å². The number of carboxylic acids is 1. The standard InChI is InChI=1S/C10H14O5S2/c1-7-8(5-9(15-7)10(11)12)6-16-3-4-17(2,13)14/h5H,3-4,6H2,1-2H3,(H,11,12). The summed E-state index contributed by atoms with van der Waals surface area (Å²) in [5.74, 6) is 0.556. The monoisotopic (exact) mass is 278 g/mol. The minimum absolute atomic E-state index is 0.0822. The summed E-state index contributed by atoms with van der Waals surface area (Å²) in [5, 5.41) is 8.72. The van der Waals surface area contributed by atoms with Crippen LogP contribution >= 0.6 is 11.8 Å². The molecule has 0 radical (unpaired) electrons. The molecule has 5 nitrogen and oxygen atoms in total. The number of furan rings is 1. The number of hydrogen-bond donors (Lipinski definition) is 1. The maximum Gasteiger partial charge on any atom is 0.371 e. The minimum Gasteiger partial charge on any atom is -0.475 e. The molecule has 0 amide bonds. The van der Waals surface area contributed by atoms with E-state index in [0.29, 0.717) is 17.3 Å². The average molecular weight is 278 g/mol. The van der Waals surface area contributed by atoms with E-state index in [2.05, 4.69) is 0 Å². The van der Waals surface area contributed by atoms with E-state index in [1.807, 2.05) is 0 Å². The van der Waals surface area contributed by atoms with E-state index in [-0.39, 0.29) is 11.5 Å². The normalized spacial score (nSPS) is 11.6. The summed E-state index contributed by atoms with van der Waals surface area (Å²) in [5.41, 5.74) is 0.793. The van der Waals surface area contributed by atoms with Gasteiger partial charge < -0.3 is 9.52 Å². The first-order valence-corrected chi connectivity index (χ1v) is 8.09. The number of carboxylic acid groups (broad SMARTS) is 1. The van der Waals surface area contributed by atoms with Gasteiger partial charge in [-0.25, -0.2) is 13.2 Å². The van der Waals surface area contributed by atoms with E-state index >= 15 is 0 Å². The molecule has 7 heteroatoms. The molecule has 96 valence electrons. The Morgan fingerprint density at radius 3 is 2.65 bits per heavy atom. The molecule has 1 aromatic rings. The van der Waals surface area contributed by atoms with Gasteiger partial charge in [-0.1, -0.05) is 0 Å². The molecule has 0 atom stereocenters. The van der Waals surface area contributed by atoms with Crippen LogP contribution in [0.3, 0.4) is 0 Å². The van der Waals surface area contributed by atoms with E-state index < -0.39 is 15.8 Å². The van der Waals surface area contributed by atoms with Crippen LogP contribution in [0.1, 0.15) is 21.9 Å². The van der Waals surface area contributed by atoms with E-state index in [1.165, 1.54) is 24.1 Å². The van der Waals surface area contributed by atoms with Crippen molar-refractivity contribution in [3.05, 3.63) is 23.2 Å². The van der Waals surface area contributed by atoms with Crippen molar-refractivity contribution in [2.24, 2.45) is 0 Å². The third-order valence-electron chi connectivity index (χ3n) is 2.09. The molecule has 17 heavy (non-hydrogen) atoms. The van der Waals surface area contributed by atoms with Crippen molar-refractivity contribution in [2.45, 2.75) is 12.7 Å². The van der Waals surface area contributed by atoms with E-state index in [1.54, 1.807) is 6.92 Å². The number of hydrogen-bond acceptors (Lipinski definition) is 5. The maximum atomic E-state index is 10.9. The third-order valence-corrected chi connectivity index (χ3v) is 4.30. The molecule has 0 aliphatic heterocycles. The van der Waals surface area contributed by atoms with Gasteiger partial charge in [0.15, 0.2) is 0 Å². The van der Waals surface area contributed by atoms with Crippen LogP contribution in [0.4, 0.5) is 0 Å². The predicted molar refractivity (Wildman–Crippen MR) is 66.3 cm³/mol. The summed E-state index contributed by atoms with van der Waals surface area (Å²) < 4.78 is 26.8. The van der Waals surface area contributed by atoms with Gasteiger partial charge in [-0.15, -0.1) is 0 Å². The Kier molecular flexibility index (Phi) is 4.64. The SMILES string of the molecule is Cc1oc(C(=O)O)cc1CSCCS(C)(=O)=O. The van der Waals surface area contributed by atoms with Crippen LogP contribution in [0.2, 0.25) is 0 Å². The Morgan fingerprint density at radius 1 is 1.53 bits per heavy atom. The zero-order valence-electron chi connectivity index (χ0n) is 9.60. The van der Waals surface area contributed by atoms with Crippen LogP contribution < -0.4 is 0 Å². The van der Waals surface area contributed by atoms with Crippen LogP contribution in [0, 0.1) is 6.92 Å². The fraction of sp³-hybridized carbons (Fsp3) is 0.500. The number of rotatable bonds is 6. The molecule has 1 rings (SSSR count). The van der Waals surface area contributed by atoms with Crippen LogP contribution in [0.5, 0.6) is 0 Å². The van der Waals surface area contributed by atoms with Crippen molar-refractivity contribution in [1.82, 2.24) is 0 Å². The number of aromatic carboxylic acids is 1. The lowest BCUT2D eigenvalue weighted by molar-refractivity contribution is 0.0661. The van der Waals surface area contributed by atoms with Crippen molar-refractivity contribution in [3.63, 3.8) is 0 Å². The largest absolute Gasteiger partial charge is 0.475 e. The Hall–Kier alpha value is -0.950. The first kappa shape index (κ1) is 14.1. The quantitative estimate of drug-likeness (QED) is 0.795. The molecule has 0 spiro atoms. The molecule has 1 heterocycles. The van der Waals surface area contributed by atoms with Gasteiger partial charge in [-0.3, -0.25) is 0 Å². The highest BCUT2D eigenvalue weighted by atomic mass is 32.2. The van der Waals surface area contributed by atoms with Gasteiger partial charge >= 0.3 is 5.97 Å². The van der Waals surface area contributed by atoms with E-state index in [4.69, 9.17) is 9.52 Å². The summed E-state index contributed by atoms with van der Waals surface area (Å²) in [6, 6.07) is 1.48. The molecule has 0 fully saturated rings. The highest BCUT2D eigenvalue weighted by Crippen LogP contribution is 2.20. The fourth-order valence-corrected chi connectivity index (χ4v) is 3.49. The topological polar surface area (TPSA) is 84.6 Å². The molecule has 0 bridgehead atoms. The molecule has 0 aromatic carbocycles. The zero-order valence-corrected chi connectivity index (χ0v) is 11.2. The minimum atomic E-state index is -2.94. The number of aryl methyl sites for hydroxylation is 1. The molecule has 0 aliphatic carbocycles. The van der Waals surface area contributed by atoms with Gasteiger partial charge in [0, 0.05) is 23.3 Å². The lowest BCUT2D eigenvalue weighted by Gasteiger charge is -1.99. The Bertz CT molecular complexity index is 501. The number of carbonyl (C=O) groups is 1. The second-order valence-electron chi connectivity index (χ2n) is 3.68. The summed E-state index contributed by atoms with van der Waals surface area (Å²) >= 11 is 1.44. The number of thioether (sulfide) groups is 1. The maximum absolute atomic E-state index is 10.9. The molecule has 0 saturated heterocycles. The summed E-state index contributed by atoms with van der Waals surface area (Å²) in [7, 11) is -2.94. The smallest absolute Gasteiger partial charge is 0.371 e. The van der Waals surface area contributed by atoms with E-state index in [0.717, 1.165) is 5.56 Å². The lowest BCUT2D eigenvalue weighted by Crippen LogP contribution is -2.05. The van der Waals surface area contributed by atoms with Crippen molar-refractivity contribution in [1.29, 1.82) is 0 Å². The molecular formula is C10H14O5S2. The Labute approximate surface area is 104 Å². The van der Waals surface area contributed by atoms with Gasteiger partial charge in [0.1, 0.15) is 15.6 Å². The highest BCUT2D eigenvalue weighted by Gasteiger charge is 2.13. The van der Waals surface area contributed by atoms with Crippen LogP contribution in [0.25, 0.3) is 0 Å². The van der Waals surface area contributed by atoms with Gasteiger partial charge in [-0.05, 0) is 13.0 Å². The summed E-state index contributed by atoms with van der Waals surface area (Å²) in [4.78, 5) is 10.6. The molecule has 0 saturated carbocycles. The Morgan fingerprint density at radius 2 is 2.18 bits per heavy atom. The second-order valence-corrected chi connectivity index (χ2v) is 7.04. The van der Waals surface area contributed by atoms with Gasteiger partial charge in [-0.2, -0.15) is 11.8 Å². The predicted octanol–water partition coefficient (Wildman–Crippen LogP) is 1.56. The molecule has 0 unspecified atom stereocenters. The van der Waals surface area contributed by atoms with Crippen molar-refractivity contribution >= 4 is 27.6 Å². The van der Waals surface area contributed by atoms with Crippen LogP contribution in [-0.4, -0.2) is 37.3 Å². The lowest BCUT2D eigenvalue weighted by atomic mass is 10.3. The fourth-order valence-electron chi connectivity index (χ4n) is 1.16. The van der Waals surface area contributed by atoms with E-state index in [9.17, 15) is 13.2 Å². The molecular weight excluding hydrogens is 264 g/mol. The molecule has 0 aliphatic rings. The first-order chi connectivity index (χ1) is 7.79. The summed E-state index contributed by atoms with van der Waals surface area (Å²) in [6.45, 7) is 1.69. The molecule has 1 aromatic heterocycles. The number of sulfone groups is 1. The second kappa shape index (κ2) is 5.59. The third kappa shape index (κ3) is 4.82. The van der Waals surface area contributed by atoms with Crippen molar-refractivity contribution in [3.8, 4) is 0 Å². The van der Waals surface area contributed by atoms with Crippen LogP contribution in [-0.2, 0) is 15.6 Å². The Balaban J connectivity index is 2.50. The van der Waals surface area contributed by atoms with Crippen molar-refractivity contribution in [2.75, 3.05) is 17.8 Å². The zero-order chi connectivity index (χ0) is 13.1. The van der Waals surface area contributed by atoms with Gasteiger partial charge in [0.05, 0.1) is 5.75 Å². The summed E-state index contributed by atoms with van der Waals surface area (Å²) in [6.07, 6.45) is 1.19. The van der Waals surface area contributed by atoms with Crippen LogP contribution in [0.15, 0.2) is 10.5 Å². The average Bonchev–Trinajstić information content (AvgIpc) is 2.54. The highest BCUT2D eigenvalue weighted by molar-refractivity contribution is 7.99. The van der Waals surface area contributed by atoms with Crippen molar-refractivity contribution < 1.29 is 22.7 Å².